The van der Waals surface area contributed by atoms with E-state index < -0.39 is 0 Å². The molecule has 0 aliphatic carbocycles. The Labute approximate surface area is 88.3 Å². The number of nitrogens with zero attached hydrogens (tertiary/aromatic N) is 1. The van der Waals surface area contributed by atoms with Crippen LogP contribution in [-0.2, 0) is 16.1 Å². The number of carbonyl (C=O) groups excluding carboxylic acids is 1. The molecule has 14 heavy (non-hydrogen) atoms. The van der Waals surface area contributed by atoms with Crippen molar-refractivity contribution in [2.45, 2.75) is 13.0 Å². The monoisotopic (exact) mass is 213 g/mol. The lowest BCUT2D eigenvalue weighted by atomic mass is 10.3. The molecule has 0 aliphatic rings. The van der Waals surface area contributed by atoms with E-state index in [9.17, 15) is 4.79 Å². The number of rotatable bonds is 5. The summed E-state index contributed by atoms with van der Waals surface area (Å²) in [5.74, 6) is -0.151. The number of hydrogen-bond donors (Lipinski definition) is 0. The third-order valence-electron chi connectivity index (χ3n) is 1.96. The normalized spacial score (nSPS) is 10.5. The van der Waals surface area contributed by atoms with Gasteiger partial charge in [0.1, 0.15) is 0 Å². The van der Waals surface area contributed by atoms with Gasteiger partial charge in [-0.05, 0) is 29.4 Å². The molecule has 0 spiro atoms. The van der Waals surface area contributed by atoms with E-state index in [2.05, 4.69) is 26.5 Å². The molecule has 78 valence electrons. The van der Waals surface area contributed by atoms with Crippen LogP contribution in [0, 0.1) is 0 Å². The second-order valence-electron chi connectivity index (χ2n) is 3.20. The van der Waals surface area contributed by atoms with Gasteiger partial charge in [-0.2, -0.15) is 11.3 Å². The number of hydrogen-bond acceptors (Lipinski definition) is 4. The van der Waals surface area contributed by atoms with E-state index in [1.165, 1.54) is 12.7 Å². The first-order chi connectivity index (χ1) is 6.72. The minimum Gasteiger partial charge on any atom is -0.469 e. The fourth-order valence-corrected chi connectivity index (χ4v) is 1.82. The van der Waals surface area contributed by atoms with Gasteiger partial charge < -0.3 is 9.64 Å². The van der Waals surface area contributed by atoms with Crippen LogP contribution in [-0.4, -0.2) is 31.6 Å². The summed E-state index contributed by atoms with van der Waals surface area (Å²) < 4.78 is 4.57. The zero-order valence-electron chi connectivity index (χ0n) is 8.53. The molecule has 0 aliphatic heterocycles. The van der Waals surface area contributed by atoms with Gasteiger partial charge in [0.05, 0.1) is 13.5 Å². The molecule has 1 rings (SSSR count). The molecule has 0 atom stereocenters. The number of carbonyl (C=O) groups is 1. The largest absolute Gasteiger partial charge is 0.469 e. The molecule has 0 fully saturated rings. The molecule has 0 radical (unpaired) electrons. The van der Waals surface area contributed by atoms with E-state index in [0.29, 0.717) is 6.42 Å². The summed E-state index contributed by atoms with van der Waals surface area (Å²) in [4.78, 5) is 13.0. The van der Waals surface area contributed by atoms with Crippen molar-refractivity contribution in [3.63, 3.8) is 0 Å². The molecule has 4 heteroatoms. The quantitative estimate of drug-likeness (QED) is 0.698. The van der Waals surface area contributed by atoms with Crippen LogP contribution >= 0.6 is 11.3 Å². The van der Waals surface area contributed by atoms with Crippen molar-refractivity contribution >= 4 is 17.3 Å². The van der Waals surface area contributed by atoms with Gasteiger partial charge in [0, 0.05) is 13.1 Å². The maximum Gasteiger partial charge on any atom is 0.306 e. The first-order valence-corrected chi connectivity index (χ1v) is 5.43. The zero-order chi connectivity index (χ0) is 10.4. The summed E-state index contributed by atoms with van der Waals surface area (Å²) in [6.45, 7) is 1.63. The topological polar surface area (TPSA) is 29.5 Å². The van der Waals surface area contributed by atoms with E-state index in [-0.39, 0.29) is 5.97 Å². The van der Waals surface area contributed by atoms with Crippen molar-refractivity contribution in [1.29, 1.82) is 0 Å². The van der Waals surface area contributed by atoms with Crippen molar-refractivity contribution in [2.75, 3.05) is 20.7 Å². The summed E-state index contributed by atoms with van der Waals surface area (Å²) in [6, 6.07) is 2.10. The Balaban J connectivity index is 2.22. The Bertz CT molecular complexity index is 272. The number of esters is 1. The van der Waals surface area contributed by atoms with Gasteiger partial charge in [-0.15, -0.1) is 0 Å². The Morgan fingerprint density at radius 3 is 3.00 bits per heavy atom. The van der Waals surface area contributed by atoms with Crippen LogP contribution in [0.4, 0.5) is 0 Å². The van der Waals surface area contributed by atoms with Crippen LogP contribution in [0.2, 0.25) is 0 Å². The molecule has 3 nitrogen and oxygen atoms in total. The van der Waals surface area contributed by atoms with Gasteiger partial charge >= 0.3 is 5.97 Å². The maximum atomic E-state index is 10.9. The molecule has 0 unspecified atom stereocenters. The summed E-state index contributed by atoms with van der Waals surface area (Å²) >= 11 is 1.69. The van der Waals surface area contributed by atoms with Gasteiger partial charge in [-0.3, -0.25) is 4.79 Å². The highest BCUT2D eigenvalue weighted by Gasteiger charge is 2.04. The Morgan fingerprint density at radius 2 is 2.43 bits per heavy atom. The van der Waals surface area contributed by atoms with Crippen molar-refractivity contribution < 1.29 is 9.53 Å². The number of ether oxygens (including phenoxy) is 1. The van der Waals surface area contributed by atoms with E-state index in [1.54, 1.807) is 11.3 Å². The van der Waals surface area contributed by atoms with Crippen molar-refractivity contribution in [3.05, 3.63) is 22.4 Å². The van der Waals surface area contributed by atoms with Crippen LogP contribution in [0.5, 0.6) is 0 Å². The van der Waals surface area contributed by atoms with E-state index in [4.69, 9.17) is 0 Å². The SMILES string of the molecule is COC(=O)CCN(C)Cc1ccsc1. The molecule has 0 saturated carbocycles. The third-order valence-corrected chi connectivity index (χ3v) is 2.69. The molecular weight excluding hydrogens is 198 g/mol. The maximum absolute atomic E-state index is 10.9. The molecule has 1 aromatic heterocycles. The predicted molar refractivity (Wildman–Crippen MR) is 57.3 cm³/mol. The van der Waals surface area contributed by atoms with E-state index in [0.717, 1.165) is 13.1 Å². The molecular formula is C10H15NO2S. The molecule has 0 amide bonds. The van der Waals surface area contributed by atoms with Crippen LogP contribution < -0.4 is 0 Å². The van der Waals surface area contributed by atoms with E-state index in [1.807, 2.05) is 7.05 Å². The Hall–Kier alpha value is -0.870. The average molecular weight is 213 g/mol. The predicted octanol–water partition coefficient (Wildman–Crippen LogP) is 1.74. The summed E-state index contributed by atoms with van der Waals surface area (Å²) in [5.41, 5.74) is 1.29. The fraction of sp³-hybridized carbons (Fsp3) is 0.500. The zero-order valence-corrected chi connectivity index (χ0v) is 9.34. The number of methoxy groups -OCH3 is 1. The first-order valence-electron chi connectivity index (χ1n) is 4.49. The van der Waals surface area contributed by atoms with Crippen molar-refractivity contribution in [3.8, 4) is 0 Å². The lowest BCUT2D eigenvalue weighted by Crippen LogP contribution is -2.21. The van der Waals surface area contributed by atoms with Crippen LogP contribution in [0.25, 0.3) is 0 Å². The highest BCUT2D eigenvalue weighted by Crippen LogP contribution is 2.08. The minimum atomic E-state index is -0.151. The van der Waals surface area contributed by atoms with Gasteiger partial charge in [0.2, 0.25) is 0 Å². The molecule has 1 aromatic rings. The smallest absolute Gasteiger partial charge is 0.306 e. The van der Waals surface area contributed by atoms with Gasteiger partial charge in [-0.1, -0.05) is 0 Å². The summed E-state index contributed by atoms with van der Waals surface area (Å²) in [5, 5.41) is 4.18. The Morgan fingerprint density at radius 1 is 1.64 bits per heavy atom. The number of thiophene rings is 1. The summed E-state index contributed by atoms with van der Waals surface area (Å²) in [7, 11) is 3.42. The highest BCUT2D eigenvalue weighted by molar-refractivity contribution is 7.07. The van der Waals surface area contributed by atoms with Crippen LogP contribution in [0.15, 0.2) is 16.8 Å². The molecule has 0 aromatic carbocycles. The summed E-state index contributed by atoms with van der Waals surface area (Å²) in [6.07, 6.45) is 0.455. The van der Waals surface area contributed by atoms with Gasteiger partial charge in [0.15, 0.2) is 0 Å². The Kier molecular flexibility index (Phi) is 4.62. The van der Waals surface area contributed by atoms with Gasteiger partial charge in [0.25, 0.3) is 0 Å². The van der Waals surface area contributed by atoms with Crippen molar-refractivity contribution in [1.82, 2.24) is 4.90 Å². The second-order valence-corrected chi connectivity index (χ2v) is 3.98. The van der Waals surface area contributed by atoms with E-state index >= 15 is 0 Å². The third kappa shape index (κ3) is 3.89. The van der Waals surface area contributed by atoms with Gasteiger partial charge in [-0.25, -0.2) is 0 Å². The standard InChI is InChI=1S/C10H15NO2S/c1-11(5-3-10(12)13-2)7-9-4-6-14-8-9/h4,6,8H,3,5,7H2,1-2H3. The van der Waals surface area contributed by atoms with Crippen LogP contribution in [0.1, 0.15) is 12.0 Å². The fourth-order valence-electron chi connectivity index (χ4n) is 1.16. The van der Waals surface area contributed by atoms with Crippen molar-refractivity contribution in [2.24, 2.45) is 0 Å². The molecule has 0 bridgehead atoms. The average Bonchev–Trinajstić information content (AvgIpc) is 2.66. The molecule has 1 heterocycles. The molecule has 0 N–H and O–H groups in total. The lowest BCUT2D eigenvalue weighted by Gasteiger charge is -2.14. The molecule has 0 saturated heterocycles. The first kappa shape index (κ1) is 11.2. The second kappa shape index (κ2) is 5.78. The van der Waals surface area contributed by atoms with Crippen LogP contribution in [0.3, 0.4) is 0 Å². The lowest BCUT2D eigenvalue weighted by molar-refractivity contribution is -0.140. The minimum absolute atomic E-state index is 0.151. The highest BCUT2D eigenvalue weighted by atomic mass is 32.1.